The molecule has 1 N–H and O–H groups in total. The number of rotatable bonds is 6. The Labute approximate surface area is 162 Å². The van der Waals surface area contributed by atoms with E-state index >= 15 is 0 Å². The lowest BCUT2D eigenvalue weighted by Crippen LogP contribution is -2.33. The van der Waals surface area contributed by atoms with Crippen molar-refractivity contribution in [1.29, 1.82) is 0 Å². The number of nitrogens with zero attached hydrogens (tertiary/aromatic N) is 4. The SMILES string of the molecule is CCCn1cc(CNC(=O)C2CCc3sc(-c4ccncc4)nc3C2)cn1. The van der Waals surface area contributed by atoms with Crippen molar-refractivity contribution in [3.05, 3.63) is 53.1 Å². The predicted molar refractivity (Wildman–Crippen MR) is 105 cm³/mol. The molecule has 1 atom stereocenters. The van der Waals surface area contributed by atoms with Gasteiger partial charge in [-0.05, 0) is 31.4 Å². The van der Waals surface area contributed by atoms with E-state index < -0.39 is 0 Å². The second-order valence-electron chi connectivity index (χ2n) is 6.89. The van der Waals surface area contributed by atoms with Gasteiger partial charge in [0, 0.05) is 60.0 Å². The Morgan fingerprint density at radius 3 is 3.04 bits per heavy atom. The van der Waals surface area contributed by atoms with Crippen molar-refractivity contribution < 1.29 is 4.79 Å². The molecule has 0 bridgehead atoms. The third kappa shape index (κ3) is 4.08. The zero-order valence-corrected chi connectivity index (χ0v) is 16.2. The van der Waals surface area contributed by atoms with Crippen LogP contribution < -0.4 is 5.32 Å². The van der Waals surface area contributed by atoms with E-state index in [1.165, 1.54) is 4.88 Å². The monoisotopic (exact) mass is 381 g/mol. The van der Waals surface area contributed by atoms with Crippen molar-refractivity contribution in [2.24, 2.45) is 5.92 Å². The average Bonchev–Trinajstić information content (AvgIpc) is 3.33. The molecule has 3 aromatic rings. The first-order valence-corrected chi connectivity index (χ1v) is 10.2. The summed E-state index contributed by atoms with van der Waals surface area (Å²) in [5, 5.41) is 8.40. The van der Waals surface area contributed by atoms with Gasteiger partial charge in [-0.1, -0.05) is 6.92 Å². The number of thiazole rings is 1. The van der Waals surface area contributed by atoms with Crippen molar-refractivity contribution >= 4 is 17.2 Å². The minimum atomic E-state index is -0.00410. The summed E-state index contributed by atoms with van der Waals surface area (Å²) < 4.78 is 1.92. The van der Waals surface area contributed by atoms with E-state index in [0.29, 0.717) is 6.54 Å². The zero-order chi connectivity index (χ0) is 18.6. The molecule has 4 rings (SSSR count). The van der Waals surface area contributed by atoms with Crippen LogP contribution in [0.1, 0.15) is 35.9 Å². The number of aryl methyl sites for hydroxylation is 2. The molecule has 1 unspecified atom stereocenters. The van der Waals surface area contributed by atoms with Crippen molar-refractivity contribution in [3.8, 4) is 10.6 Å². The summed E-state index contributed by atoms with van der Waals surface area (Å²) in [5.41, 5.74) is 3.21. The Morgan fingerprint density at radius 2 is 2.22 bits per heavy atom. The lowest BCUT2D eigenvalue weighted by atomic mass is 9.90. The highest BCUT2D eigenvalue weighted by Crippen LogP contribution is 2.34. The highest BCUT2D eigenvalue weighted by atomic mass is 32.1. The van der Waals surface area contributed by atoms with Gasteiger partial charge in [-0.25, -0.2) is 4.98 Å². The van der Waals surface area contributed by atoms with Gasteiger partial charge in [0.2, 0.25) is 5.91 Å². The second kappa shape index (κ2) is 8.00. The van der Waals surface area contributed by atoms with Gasteiger partial charge in [0.05, 0.1) is 11.9 Å². The number of pyridine rings is 1. The van der Waals surface area contributed by atoms with Crippen LogP contribution in [0.25, 0.3) is 10.6 Å². The third-order valence-electron chi connectivity index (χ3n) is 4.84. The fourth-order valence-corrected chi connectivity index (χ4v) is 4.51. The number of carbonyl (C=O) groups is 1. The quantitative estimate of drug-likeness (QED) is 0.711. The van der Waals surface area contributed by atoms with Gasteiger partial charge in [-0.3, -0.25) is 14.5 Å². The number of amides is 1. The molecule has 6 nitrogen and oxygen atoms in total. The van der Waals surface area contributed by atoms with Crippen LogP contribution in [0.3, 0.4) is 0 Å². The Hall–Kier alpha value is -2.54. The molecule has 0 saturated carbocycles. The molecule has 0 aliphatic heterocycles. The number of carbonyl (C=O) groups excluding carboxylic acids is 1. The molecule has 1 aliphatic rings. The molecule has 0 aromatic carbocycles. The number of hydrogen-bond acceptors (Lipinski definition) is 5. The van der Waals surface area contributed by atoms with Crippen LogP contribution in [0.4, 0.5) is 0 Å². The van der Waals surface area contributed by atoms with Crippen molar-refractivity contribution in [1.82, 2.24) is 25.1 Å². The van der Waals surface area contributed by atoms with Gasteiger partial charge in [0.1, 0.15) is 5.01 Å². The Morgan fingerprint density at radius 1 is 1.37 bits per heavy atom. The first-order valence-electron chi connectivity index (χ1n) is 9.41. The molecular formula is C20H23N5OS. The maximum absolute atomic E-state index is 12.6. The molecule has 1 amide bonds. The van der Waals surface area contributed by atoms with E-state index in [4.69, 9.17) is 4.98 Å². The van der Waals surface area contributed by atoms with Crippen molar-refractivity contribution in [2.45, 2.75) is 45.7 Å². The molecule has 0 fully saturated rings. The first kappa shape index (κ1) is 17.9. The highest BCUT2D eigenvalue weighted by molar-refractivity contribution is 7.15. The molecule has 0 spiro atoms. The molecule has 0 radical (unpaired) electrons. The number of nitrogens with one attached hydrogen (secondary N) is 1. The number of fused-ring (bicyclic) bond motifs is 1. The van der Waals surface area contributed by atoms with E-state index in [1.54, 1.807) is 23.7 Å². The summed E-state index contributed by atoms with van der Waals surface area (Å²) in [6, 6.07) is 3.96. The lowest BCUT2D eigenvalue weighted by molar-refractivity contribution is -0.125. The van der Waals surface area contributed by atoms with Crippen molar-refractivity contribution in [2.75, 3.05) is 0 Å². The highest BCUT2D eigenvalue weighted by Gasteiger charge is 2.27. The van der Waals surface area contributed by atoms with E-state index in [-0.39, 0.29) is 11.8 Å². The number of hydrogen-bond donors (Lipinski definition) is 1. The van der Waals surface area contributed by atoms with Crippen LogP contribution >= 0.6 is 11.3 Å². The van der Waals surface area contributed by atoms with Crippen LogP contribution in [0.2, 0.25) is 0 Å². The van der Waals surface area contributed by atoms with Gasteiger partial charge >= 0.3 is 0 Å². The number of aromatic nitrogens is 4. The van der Waals surface area contributed by atoms with E-state index in [0.717, 1.165) is 54.1 Å². The summed E-state index contributed by atoms with van der Waals surface area (Å²) in [5.74, 6) is 0.109. The first-order chi connectivity index (χ1) is 13.2. The largest absolute Gasteiger partial charge is 0.352 e. The topological polar surface area (TPSA) is 72.7 Å². The molecule has 3 aromatic heterocycles. The standard InChI is InChI=1S/C20H23N5OS/c1-2-9-25-13-14(12-23-25)11-22-19(26)16-3-4-18-17(10-16)24-20(27-18)15-5-7-21-8-6-15/h5-8,12-13,16H,2-4,9-11H2,1H3,(H,22,26). The smallest absolute Gasteiger partial charge is 0.223 e. The summed E-state index contributed by atoms with van der Waals surface area (Å²) >= 11 is 1.74. The Kier molecular flexibility index (Phi) is 5.29. The van der Waals surface area contributed by atoms with Crippen LogP contribution in [-0.4, -0.2) is 25.7 Å². The molecule has 3 heterocycles. The fourth-order valence-electron chi connectivity index (χ4n) is 3.40. The van der Waals surface area contributed by atoms with E-state index in [2.05, 4.69) is 22.3 Å². The van der Waals surface area contributed by atoms with E-state index in [9.17, 15) is 4.79 Å². The predicted octanol–water partition coefficient (Wildman–Crippen LogP) is 3.23. The average molecular weight is 382 g/mol. The normalized spacial score (nSPS) is 16.1. The minimum absolute atomic E-state index is 0.00410. The van der Waals surface area contributed by atoms with E-state index in [1.807, 2.05) is 29.2 Å². The Balaban J connectivity index is 1.37. The molecule has 27 heavy (non-hydrogen) atoms. The second-order valence-corrected chi connectivity index (χ2v) is 7.98. The Bertz CT molecular complexity index is 918. The van der Waals surface area contributed by atoms with Gasteiger partial charge in [-0.15, -0.1) is 11.3 Å². The molecule has 140 valence electrons. The molecule has 7 heteroatoms. The van der Waals surface area contributed by atoms with Gasteiger partial charge in [0.15, 0.2) is 0 Å². The third-order valence-corrected chi connectivity index (χ3v) is 6.05. The summed E-state index contributed by atoms with van der Waals surface area (Å²) in [6.45, 7) is 3.56. The zero-order valence-electron chi connectivity index (χ0n) is 15.4. The molecule has 1 aliphatic carbocycles. The maximum atomic E-state index is 12.6. The van der Waals surface area contributed by atoms with Crippen LogP contribution in [0.5, 0.6) is 0 Å². The van der Waals surface area contributed by atoms with Gasteiger partial charge in [-0.2, -0.15) is 5.10 Å². The van der Waals surface area contributed by atoms with Crippen LogP contribution in [0, 0.1) is 5.92 Å². The summed E-state index contributed by atoms with van der Waals surface area (Å²) in [4.78, 5) is 22.8. The molecule has 0 saturated heterocycles. The van der Waals surface area contributed by atoms with Crippen LogP contribution in [0.15, 0.2) is 36.9 Å². The minimum Gasteiger partial charge on any atom is -0.352 e. The summed E-state index contributed by atoms with van der Waals surface area (Å²) in [6.07, 6.45) is 11.0. The maximum Gasteiger partial charge on any atom is 0.223 e. The van der Waals surface area contributed by atoms with Gasteiger partial charge < -0.3 is 5.32 Å². The molecular weight excluding hydrogens is 358 g/mol. The van der Waals surface area contributed by atoms with Gasteiger partial charge in [0.25, 0.3) is 0 Å². The van der Waals surface area contributed by atoms with Crippen LogP contribution in [-0.2, 0) is 30.7 Å². The van der Waals surface area contributed by atoms with Crippen molar-refractivity contribution in [3.63, 3.8) is 0 Å². The summed E-state index contributed by atoms with van der Waals surface area (Å²) in [7, 11) is 0. The lowest BCUT2D eigenvalue weighted by Gasteiger charge is -2.20. The fraction of sp³-hybridized carbons (Fsp3) is 0.400.